The van der Waals surface area contributed by atoms with Crippen LogP contribution in [-0.4, -0.2) is 37.9 Å². The first-order valence-corrected chi connectivity index (χ1v) is 55.0. The molecule has 12 nitrogen and oxygen atoms in total. The molecule has 0 fully saturated rings. The first-order valence-electron chi connectivity index (χ1n) is 49.0. The summed E-state index contributed by atoms with van der Waals surface area (Å²) in [6.45, 7) is 41.3. The van der Waals surface area contributed by atoms with E-state index in [1.54, 1.807) is 6.07 Å². The number of benzene rings is 21. The van der Waals surface area contributed by atoms with Crippen molar-refractivity contribution < 1.29 is 0 Å². The molecule has 0 aliphatic rings. The largest absolute Gasteiger partial charge is 0.311 e. The van der Waals surface area contributed by atoms with Gasteiger partial charge in [0.05, 0.1) is 112 Å². The summed E-state index contributed by atoms with van der Waals surface area (Å²) in [6, 6.07) is 184. The van der Waals surface area contributed by atoms with Gasteiger partial charge in [-0.2, -0.15) is 21.0 Å². The Morgan fingerprint density at radius 2 is 0.493 bits per heavy atom. The standard InChI is InChI=1S/3C45H28N4Si/c1-47-40-27-29-43(50(35-14-6-3-7-15-35,36-16-8-4-9-17-36)37-18-10-5-11-19-37)44(45(40)48-2)33-23-25-34(26-24-33)49-41-21-13-12-20-38(41)39-30-32(31-46)22-28-42(39)49;1-47-42-26-24-37(50(34-14-6-3-7-15-34,35-16-8-4-9-17-35)36-18-10-5-11-19-36)30-40(42)38-25-23-33(29-43(38)48-2)49-44-21-13-12-20-39(44)41-28-32(31-46)22-27-45(41)49;1-48-42-29-35(49-43-20-12-11-19-40(43)41-27-32(30-46)21-26-44(41)49)28-34(31-47)45(42)33-22-24-39(25-23-33)50(36-13-5-2-6-14-36,37-15-7-3-8-16-37)38-17-9-4-10-18-38/h2*3-30H;2-29H. The zero-order valence-corrected chi connectivity index (χ0v) is 83.9. The van der Waals surface area contributed by atoms with Crippen molar-refractivity contribution in [3.63, 3.8) is 0 Å². The lowest BCUT2D eigenvalue weighted by Crippen LogP contribution is -2.75. The number of nitriles is 4. The molecule has 0 amide bonds. The molecule has 150 heavy (non-hydrogen) atoms. The Morgan fingerprint density at radius 1 is 0.193 bits per heavy atom. The van der Waals surface area contributed by atoms with Gasteiger partial charge in [-0.3, -0.25) is 4.85 Å². The Bertz CT molecular complexity index is 9460. The molecule has 0 radical (unpaired) electrons. The predicted molar refractivity (Wildman–Crippen MR) is 620 cm³/mol. The Labute approximate surface area is 872 Å². The fraction of sp³-hybridized carbons (Fsp3) is 0. The van der Waals surface area contributed by atoms with Crippen LogP contribution in [0.1, 0.15) is 22.3 Å². The minimum Gasteiger partial charge on any atom is -0.311 e. The molecule has 3 heterocycles. The maximum atomic E-state index is 10.6. The van der Waals surface area contributed by atoms with Crippen molar-refractivity contribution in [1.29, 1.82) is 21.0 Å². The lowest BCUT2D eigenvalue weighted by molar-refractivity contribution is 1.18. The molecule has 15 heteroatoms. The second kappa shape index (κ2) is 40.8. The number of rotatable bonds is 18. The third-order valence-corrected chi connectivity index (χ3v) is 43.3. The van der Waals surface area contributed by atoms with Gasteiger partial charge in [0, 0.05) is 54.9 Å². The second-order valence-electron chi connectivity index (χ2n) is 36.6. The number of hydrogen-bond donors (Lipinski definition) is 0. The highest BCUT2D eigenvalue weighted by atomic mass is 28.3. The van der Waals surface area contributed by atoms with Gasteiger partial charge in [-0.15, -0.1) is 0 Å². The van der Waals surface area contributed by atoms with Crippen molar-refractivity contribution in [2.24, 2.45) is 0 Å². The molecule has 696 valence electrons. The zero-order valence-electron chi connectivity index (χ0n) is 80.9. The van der Waals surface area contributed by atoms with E-state index in [0.717, 1.165) is 121 Å². The van der Waals surface area contributed by atoms with E-state index >= 15 is 0 Å². The number of nitrogens with zero attached hydrogens (tertiary/aromatic N) is 12. The molecule has 0 saturated heterocycles. The number of fused-ring (bicyclic) bond motifs is 9. The van der Waals surface area contributed by atoms with Gasteiger partial charge in [-0.05, 0) is 194 Å². The first-order chi connectivity index (χ1) is 74.0. The highest BCUT2D eigenvalue weighted by Gasteiger charge is 2.46. The van der Waals surface area contributed by atoms with Crippen LogP contribution in [0.5, 0.6) is 0 Å². The predicted octanol–water partition coefficient (Wildman–Crippen LogP) is 25.7. The Hall–Kier alpha value is -20.9. The number of aromatic nitrogens is 3. The van der Waals surface area contributed by atoms with E-state index in [0.29, 0.717) is 56.3 Å². The van der Waals surface area contributed by atoms with Gasteiger partial charge >= 0.3 is 0 Å². The summed E-state index contributed by atoms with van der Waals surface area (Å²) in [5.41, 5.74) is 17.3. The van der Waals surface area contributed by atoms with Crippen LogP contribution < -0.4 is 62.2 Å². The van der Waals surface area contributed by atoms with E-state index in [1.807, 2.05) is 158 Å². The van der Waals surface area contributed by atoms with Gasteiger partial charge in [0.25, 0.3) is 0 Å². The van der Waals surface area contributed by atoms with Crippen molar-refractivity contribution in [2.75, 3.05) is 0 Å². The van der Waals surface area contributed by atoms with E-state index in [9.17, 15) is 21.0 Å². The summed E-state index contributed by atoms with van der Waals surface area (Å²) in [6.07, 6.45) is 0. The lowest BCUT2D eigenvalue weighted by atomic mass is 9.97. The Balaban J connectivity index is 0.000000127. The van der Waals surface area contributed by atoms with Gasteiger partial charge in [0.1, 0.15) is 0 Å². The van der Waals surface area contributed by atoms with Crippen LogP contribution >= 0.6 is 0 Å². The molecule has 0 bridgehead atoms. The average molecular weight is 1960 g/mol. The smallest absolute Gasteiger partial charge is 0.202 e. The van der Waals surface area contributed by atoms with Crippen LogP contribution in [0, 0.1) is 78.2 Å². The maximum absolute atomic E-state index is 10.6. The van der Waals surface area contributed by atoms with Crippen LogP contribution in [0.4, 0.5) is 28.4 Å². The van der Waals surface area contributed by atoms with E-state index < -0.39 is 24.2 Å². The molecular weight excluding hydrogens is 1870 g/mol. The summed E-state index contributed by atoms with van der Waals surface area (Å²) in [4.78, 5) is 19.9. The van der Waals surface area contributed by atoms with Crippen molar-refractivity contribution in [3.8, 4) is 74.7 Å². The summed E-state index contributed by atoms with van der Waals surface area (Å²) in [7, 11) is -8.62. The van der Waals surface area contributed by atoms with Gasteiger partial charge in [0.2, 0.25) is 5.69 Å². The van der Waals surface area contributed by atoms with Gasteiger partial charge in [-0.1, -0.05) is 406 Å². The van der Waals surface area contributed by atoms with Crippen molar-refractivity contribution in [1.82, 2.24) is 13.7 Å². The Morgan fingerprint density at radius 3 is 0.860 bits per heavy atom. The van der Waals surface area contributed by atoms with Crippen LogP contribution in [0.3, 0.4) is 0 Å². The van der Waals surface area contributed by atoms with Gasteiger partial charge in [0.15, 0.2) is 47.0 Å². The van der Waals surface area contributed by atoms with Gasteiger partial charge < -0.3 is 13.7 Å². The zero-order chi connectivity index (χ0) is 102. The summed E-state index contributed by atoms with van der Waals surface area (Å²) in [5.74, 6) is 0. The molecule has 3 aromatic heterocycles. The van der Waals surface area contributed by atoms with E-state index in [-0.39, 0.29) is 0 Å². The van der Waals surface area contributed by atoms with Gasteiger partial charge in [-0.25, -0.2) is 19.4 Å². The highest BCUT2D eigenvalue weighted by molar-refractivity contribution is 7.21. The quantitative estimate of drug-likeness (QED) is 0.0481. The minimum atomic E-state index is -3.04. The van der Waals surface area contributed by atoms with Crippen molar-refractivity contribution >= 4 is 180 Å². The molecule has 0 aliphatic heterocycles. The highest BCUT2D eigenvalue weighted by Crippen LogP contribution is 2.45. The van der Waals surface area contributed by atoms with Crippen molar-refractivity contribution in [3.05, 3.63) is 589 Å². The van der Waals surface area contributed by atoms with Crippen molar-refractivity contribution in [2.45, 2.75) is 0 Å². The molecular formula is C135H84N12Si3. The molecule has 21 aromatic carbocycles. The monoisotopic (exact) mass is 1960 g/mol. The van der Waals surface area contributed by atoms with Crippen LogP contribution in [0.25, 0.3) is 140 Å². The fourth-order valence-corrected chi connectivity index (χ4v) is 37.0. The molecule has 0 unspecified atom stereocenters. The third-order valence-electron chi connectivity index (χ3n) is 28.9. The molecule has 0 aliphatic carbocycles. The summed E-state index contributed by atoms with van der Waals surface area (Å²) < 4.78 is 6.45. The maximum Gasteiger partial charge on any atom is 0.202 e. The number of hydrogen-bond acceptors (Lipinski definition) is 4. The molecule has 24 aromatic rings. The second-order valence-corrected chi connectivity index (χ2v) is 48.0. The normalized spacial score (nSPS) is 11.1. The lowest BCUT2D eigenvalue weighted by Gasteiger charge is -2.36. The minimum absolute atomic E-state index is 0.343. The molecule has 0 N–H and O–H groups in total. The van der Waals surface area contributed by atoms with E-state index in [2.05, 4.69) is 408 Å². The van der Waals surface area contributed by atoms with E-state index in [4.69, 9.17) is 32.9 Å². The number of para-hydroxylation sites is 3. The summed E-state index contributed by atoms with van der Waals surface area (Å²) in [5, 5.41) is 60.0. The molecule has 0 saturated carbocycles. The molecule has 0 spiro atoms. The Kier molecular flexibility index (Phi) is 25.6. The van der Waals surface area contributed by atoms with Crippen LogP contribution in [0.15, 0.2) is 510 Å². The topological polar surface area (TPSA) is 132 Å². The molecule has 0 atom stereocenters. The molecule has 24 rings (SSSR count). The average Bonchev–Trinajstić information content (AvgIpc) is 1.07. The third kappa shape index (κ3) is 16.3. The SMILES string of the molecule is [C-]#[N+]c1cc(-n2c3ccccc3c3cc(C#N)ccc32)cc(C#N)c1-c1ccc([Si](c2ccccc2)(c2ccccc2)c2ccccc2)cc1.[C-]#[N+]c1cc(-n2c3ccccc3c3cc(C#N)ccc32)ccc1-c1cc([Si](c2ccccc2)(c2ccccc2)c2ccccc2)ccc1[N+]#[C-].[C-]#[N+]c1ccc([Si](c2ccccc2)(c2ccccc2)c2ccccc2)c(-c2ccc(-n3c4ccccc4c4cc(C#N)ccc43)cc2)c1[N+]#[C-]. The van der Waals surface area contributed by atoms with Crippen LogP contribution in [-0.2, 0) is 0 Å². The van der Waals surface area contributed by atoms with E-state index in [1.165, 1.54) is 51.9 Å². The van der Waals surface area contributed by atoms with Crippen LogP contribution in [0.2, 0.25) is 0 Å². The summed E-state index contributed by atoms with van der Waals surface area (Å²) >= 11 is 0. The fourth-order valence-electron chi connectivity index (χ4n) is 22.5. The first kappa shape index (κ1) is 94.0.